The van der Waals surface area contributed by atoms with Gasteiger partial charge in [-0.2, -0.15) is 0 Å². The lowest BCUT2D eigenvalue weighted by Crippen LogP contribution is -2.29. The molecule has 0 amide bonds. The minimum Gasteiger partial charge on any atom is -0.480 e. The third-order valence-corrected chi connectivity index (χ3v) is 2.05. The average Bonchev–Trinajstić information content (AvgIpc) is 2.50. The molecule has 16 heavy (non-hydrogen) atoms. The minimum atomic E-state index is -0.952. The van der Waals surface area contributed by atoms with Gasteiger partial charge in [0.2, 0.25) is 0 Å². The van der Waals surface area contributed by atoms with Crippen molar-refractivity contribution < 1.29 is 14.6 Å². The second kappa shape index (κ2) is 4.61. The fraction of sp³-hybridized carbons (Fsp3) is 0.700. The van der Waals surface area contributed by atoms with Gasteiger partial charge in [-0.3, -0.25) is 0 Å². The van der Waals surface area contributed by atoms with E-state index in [-0.39, 0.29) is 12.2 Å². The second-order valence-corrected chi connectivity index (χ2v) is 4.56. The summed E-state index contributed by atoms with van der Waals surface area (Å²) < 4.78 is 6.97. The number of aliphatic carboxylic acids is 1. The molecule has 0 aromatic carbocycles. The molecule has 0 saturated heterocycles. The highest BCUT2D eigenvalue weighted by Gasteiger charge is 2.24. The van der Waals surface area contributed by atoms with Gasteiger partial charge < -0.3 is 14.4 Å². The van der Waals surface area contributed by atoms with Gasteiger partial charge >= 0.3 is 5.97 Å². The van der Waals surface area contributed by atoms with Crippen LogP contribution in [0, 0.1) is 6.92 Å². The molecule has 6 heteroatoms. The number of aromatic nitrogens is 3. The lowest BCUT2D eigenvalue weighted by Gasteiger charge is -2.23. The largest absolute Gasteiger partial charge is 0.480 e. The normalized spacial score (nSPS) is 13.8. The maximum absolute atomic E-state index is 11.1. The predicted octanol–water partition coefficient (Wildman–Crippen LogP) is 1.03. The summed E-state index contributed by atoms with van der Waals surface area (Å²) in [6, 6.07) is -0.783. The van der Waals surface area contributed by atoms with Crippen LogP contribution in [0.3, 0.4) is 0 Å². The maximum atomic E-state index is 11.1. The Kier molecular flexibility index (Phi) is 3.64. The van der Waals surface area contributed by atoms with Crippen LogP contribution in [0.5, 0.6) is 0 Å². The molecule has 1 N–H and O–H groups in total. The van der Waals surface area contributed by atoms with Crippen LogP contribution in [0.1, 0.15) is 32.6 Å². The monoisotopic (exact) mass is 227 g/mol. The van der Waals surface area contributed by atoms with E-state index in [0.717, 1.165) is 0 Å². The van der Waals surface area contributed by atoms with Gasteiger partial charge in [-0.1, -0.05) is 0 Å². The van der Waals surface area contributed by atoms with Gasteiger partial charge in [-0.25, -0.2) is 4.79 Å². The number of rotatable bonds is 4. The summed E-state index contributed by atoms with van der Waals surface area (Å²) in [5.74, 6) is -0.392. The van der Waals surface area contributed by atoms with Crippen LogP contribution in [-0.2, 0) is 9.53 Å². The first kappa shape index (κ1) is 12.6. The van der Waals surface area contributed by atoms with E-state index < -0.39 is 12.0 Å². The number of ether oxygens (including phenoxy) is 1. The van der Waals surface area contributed by atoms with Gasteiger partial charge in [0, 0.05) is 0 Å². The highest BCUT2D eigenvalue weighted by atomic mass is 16.5. The second-order valence-electron chi connectivity index (χ2n) is 4.56. The molecule has 1 rings (SSSR count). The Hall–Kier alpha value is -1.43. The lowest BCUT2D eigenvalue weighted by molar-refractivity contribution is -0.144. The van der Waals surface area contributed by atoms with Gasteiger partial charge in [-0.15, -0.1) is 10.2 Å². The molecule has 90 valence electrons. The Morgan fingerprint density at radius 1 is 1.62 bits per heavy atom. The van der Waals surface area contributed by atoms with Crippen molar-refractivity contribution in [1.82, 2.24) is 14.8 Å². The van der Waals surface area contributed by atoms with Crippen LogP contribution < -0.4 is 0 Å². The van der Waals surface area contributed by atoms with Gasteiger partial charge in [-0.05, 0) is 27.7 Å². The summed E-state index contributed by atoms with van der Waals surface area (Å²) in [5, 5.41) is 16.5. The summed E-state index contributed by atoms with van der Waals surface area (Å²) in [4.78, 5) is 11.1. The molecule has 0 aliphatic heterocycles. The van der Waals surface area contributed by atoms with E-state index >= 15 is 0 Å². The molecule has 0 aliphatic rings. The molecule has 1 unspecified atom stereocenters. The number of aryl methyl sites for hydroxylation is 1. The third kappa shape index (κ3) is 3.30. The number of hydrogen-bond donors (Lipinski definition) is 1. The molecule has 1 aromatic rings. The SMILES string of the molecule is Cc1nncn1C(COC(C)(C)C)C(=O)O. The van der Waals surface area contributed by atoms with E-state index in [1.165, 1.54) is 10.9 Å². The van der Waals surface area contributed by atoms with Crippen molar-refractivity contribution in [2.45, 2.75) is 39.3 Å². The molecular weight excluding hydrogens is 210 g/mol. The standard InChI is InChI=1S/C10H17N3O3/c1-7-12-11-6-13(7)8(9(14)15)5-16-10(2,3)4/h6,8H,5H2,1-4H3,(H,14,15). The Balaban J connectivity index is 2.78. The van der Waals surface area contributed by atoms with E-state index in [4.69, 9.17) is 9.84 Å². The molecule has 0 saturated carbocycles. The predicted molar refractivity (Wildman–Crippen MR) is 57.1 cm³/mol. The lowest BCUT2D eigenvalue weighted by atomic mass is 10.2. The van der Waals surface area contributed by atoms with Crippen molar-refractivity contribution in [2.24, 2.45) is 0 Å². The Morgan fingerprint density at radius 2 is 2.25 bits per heavy atom. The van der Waals surface area contributed by atoms with E-state index in [2.05, 4.69) is 10.2 Å². The summed E-state index contributed by atoms with van der Waals surface area (Å²) >= 11 is 0. The number of carboxylic acid groups (broad SMARTS) is 1. The summed E-state index contributed by atoms with van der Waals surface area (Å²) in [7, 11) is 0. The molecule has 1 heterocycles. The molecular formula is C10H17N3O3. The topological polar surface area (TPSA) is 77.2 Å². The first-order chi connectivity index (χ1) is 7.31. The number of hydrogen-bond acceptors (Lipinski definition) is 4. The number of carboxylic acids is 1. The van der Waals surface area contributed by atoms with E-state index in [1.807, 2.05) is 20.8 Å². The van der Waals surface area contributed by atoms with Crippen LogP contribution in [0.25, 0.3) is 0 Å². The van der Waals surface area contributed by atoms with Crippen molar-refractivity contribution >= 4 is 5.97 Å². The fourth-order valence-electron chi connectivity index (χ4n) is 1.21. The summed E-state index contributed by atoms with van der Waals surface area (Å²) in [5.41, 5.74) is -0.365. The van der Waals surface area contributed by atoms with Crippen molar-refractivity contribution in [2.75, 3.05) is 6.61 Å². The fourth-order valence-corrected chi connectivity index (χ4v) is 1.21. The minimum absolute atomic E-state index is 0.0950. The van der Waals surface area contributed by atoms with Crippen LogP contribution in [0.4, 0.5) is 0 Å². The van der Waals surface area contributed by atoms with Gasteiger partial charge in [0.05, 0.1) is 12.2 Å². The zero-order chi connectivity index (χ0) is 12.3. The van der Waals surface area contributed by atoms with Crippen LogP contribution >= 0.6 is 0 Å². The third-order valence-electron chi connectivity index (χ3n) is 2.05. The van der Waals surface area contributed by atoms with Crippen molar-refractivity contribution in [3.63, 3.8) is 0 Å². The molecule has 0 radical (unpaired) electrons. The highest BCUT2D eigenvalue weighted by molar-refractivity contribution is 5.72. The number of carbonyl (C=O) groups is 1. The highest BCUT2D eigenvalue weighted by Crippen LogP contribution is 2.14. The van der Waals surface area contributed by atoms with E-state index in [9.17, 15) is 4.79 Å². The van der Waals surface area contributed by atoms with Crippen LogP contribution in [0.15, 0.2) is 6.33 Å². The molecule has 0 fully saturated rings. The molecule has 1 atom stereocenters. The van der Waals surface area contributed by atoms with Crippen molar-refractivity contribution in [1.29, 1.82) is 0 Å². The Bertz CT molecular complexity index is 368. The zero-order valence-electron chi connectivity index (χ0n) is 9.97. The maximum Gasteiger partial charge on any atom is 0.329 e. The van der Waals surface area contributed by atoms with Crippen molar-refractivity contribution in [3.8, 4) is 0 Å². The summed E-state index contributed by atoms with van der Waals surface area (Å²) in [6.07, 6.45) is 1.40. The first-order valence-electron chi connectivity index (χ1n) is 5.04. The van der Waals surface area contributed by atoms with Crippen LogP contribution in [-0.4, -0.2) is 38.0 Å². The van der Waals surface area contributed by atoms with Gasteiger partial charge in [0.25, 0.3) is 0 Å². The molecule has 1 aromatic heterocycles. The molecule has 0 bridgehead atoms. The van der Waals surface area contributed by atoms with Crippen molar-refractivity contribution in [3.05, 3.63) is 12.2 Å². The Labute approximate surface area is 94.2 Å². The van der Waals surface area contributed by atoms with E-state index in [0.29, 0.717) is 5.82 Å². The first-order valence-corrected chi connectivity index (χ1v) is 5.04. The number of nitrogens with zero attached hydrogens (tertiary/aromatic N) is 3. The molecule has 6 nitrogen and oxygen atoms in total. The van der Waals surface area contributed by atoms with Gasteiger partial charge in [0.15, 0.2) is 6.04 Å². The zero-order valence-corrected chi connectivity index (χ0v) is 9.97. The molecule has 0 aliphatic carbocycles. The van der Waals surface area contributed by atoms with E-state index in [1.54, 1.807) is 6.92 Å². The smallest absolute Gasteiger partial charge is 0.329 e. The summed E-state index contributed by atoms with van der Waals surface area (Å²) in [6.45, 7) is 7.44. The molecule has 0 spiro atoms. The van der Waals surface area contributed by atoms with Crippen LogP contribution in [0.2, 0.25) is 0 Å². The Morgan fingerprint density at radius 3 is 2.62 bits per heavy atom. The quantitative estimate of drug-likeness (QED) is 0.831. The van der Waals surface area contributed by atoms with Gasteiger partial charge in [0.1, 0.15) is 12.2 Å². The average molecular weight is 227 g/mol.